The second-order valence-electron chi connectivity index (χ2n) is 2.13. The molecular formula is C6H15NO2P-. The van der Waals surface area contributed by atoms with Crippen LogP contribution in [0.5, 0.6) is 0 Å². The minimum absolute atomic E-state index is 0.605. The van der Waals surface area contributed by atoms with Crippen molar-refractivity contribution in [1.82, 2.24) is 0 Å². The summed E-state index contributed by atoms with van der Waals surface area (Å²) in [5.41, 5.74) is 5.29. The van der Waals surface area contributed by atoms with Crippen molar-refractivity contribution in [3.63, 3.8) is 0 Å². The van der Waals surface area contributed by atoms with Crippen molar-refractivity contribution in [3.8, 4) is 0 Å². The number of nitrogens with two attached hydrogens (primary N) is 1. The Morgan fingerprint density at radius 2 is 1.90 bits per heavy atom. The Labute approximate surface area is 63.9 Å². The highest BCUT2D eigenvalue weighted by molar-refractivity contribution is 7.23. The van der Waals surface area contributed by atoms with Crippen LogP contribution in [0.1, 0.15) is 25.7 Å². The topological polar surface area (TPSA) is 58.3 Å². The third kappa shape index (κ3) is 8.31. The Morgan fingerprint density at radius 3 is 2.50 bits per heavy atom. The van der Waals surface area contributed by atoms with Crippen LogP contribution in [0.4, 0.5) is 0 Å². The van der Waals surface area contributed by atoms with Crippen LogP contribution >= 0.6 is 9.03 Å². The molecule has 0 rings (SSSR count). The molecule has 0 aromatic carbocycles. The van der Waals surface area contributed by atoms with Gasteiger partial charge < -0.3 is 15.2 Å². The second-order valence-corrected chi connectivity index (χ2v) is 2.59. The molecule has 0 spiro atoms. The summed E-state index contributed by atoms with van der Waals surface area (Å²) in [5, 5.41) is 0. The van der Waals surface area contributed by atoms with Crippen LogP contribution in [0.15, 0.2) is 0 Å². The molecule has 0 saturated carbocycles. The van der Waals surface area contributed by atoms with E-state index in [2.05, 4.69) is 4.52 Å². The normalized spacial score (nSPS) is 11.4. The summed E-state index contributed by atoms with van der Waals surface area (Å²) in [6.45, 7) is 1.39. The van der Waals surface area contributed by atoms with Gasteiger partial charge in [-0.15, -0.1) is 0 Å². The van der Waals surface area contributed by atoms with E-state index in [-0.39, 0.29) is 0 Å². The molecule has 0 aliphatic carbocycles. The van der Waals surface area contributed by atoms with Gasteiger partial charge in [0.15, 0.2) is 0 Å². The summed E-state index contributed by atoms with van der Waals surface area (Å²) in [7, 11) is -0.605. The molecule has 10 heavy (non-hydrogen) atoms. The van der Waals surface area contributed by atoms with Gasteiger partial charge in [-0.25, -0.2) is 0 Å². The molecule has 4 heteroatoms. The lowest BCUT2D eigenvalue weighted by Crippen LogP contribution is -1.98. The highest BCUT2D eigenvalue weighted by atomic mass is 31.1. The summed E-state index contributed by atoms with van der Waals surface area (Å²) in [4.78, 5) is 9.80. The molecule has 1 unspecified atom stereocenters. The molecule has 0 aromatic rings. The predicted octanol–water partition coefficient (Wildman–Crippen LogP) is 0.391. The Morgan fingerprint density at radius 1 is 1.20 bits per heavy atom. The zero-order chi connectivity index (χ0) is 7.66. The first-order valence-corrected chi connectivity index (χ1v) is 4.42. The maximum Gasteiger partial charge on any atom is 0.0489 e. The van der Waals surface area contributed by atoms with Crippen LogP contribution in [-0.2, 0) is 4.52 Å². The maximum absolute atomic E-state index is 9.80. The molecule has 0 radical (unpaired) electrons. The largest absolute Gasteiger partial charge is 0.810 e. The fourth-order valence-electron chi connectivity index (χ4n) is 0.714. The summed E-state index contributed by atoms with van der Waals surface area (Å²) in [5.74, 6) is 0. The molecule has 2 N–H and O–H groups in total. The van der Waals surface area contributed by atoms with E-state index in [1.165, 1.54) is 0 Å². The number of hydrogen-bond acceptors (Lipinski definition) is 3. The highest BCUT2D eigenvalue weighted by Gasteiger charge is 1.86. The summed E-state index contributed by atoms with van der Waals surface area (Å²) in [6.07, 6.45) is 4.36. The SMILES string of the molecule is NCCCCCCOP[O-]. The van der Waals surface area contributed by atoms with Gasteiger partial charge in [-0.1, -0.05) is 21.9 Å². The Balaban J connectivity index is 2.65. The van der Waals surface area contributed by atoms with Crippen molar-refractivity contribution in [1.29, 1.82) is 0 Å². The molecule has 0 aromatic heterocycles. The van der Waals surface area contributed by atoms with E-state index in [1.54, 1.807) is 0 Å². The monoisotopic (exact) mass is 164 g/mol. The third-order valence-electron chi connectivity index (χ3n) is 1.26. The molecule has 3 nitrogen and oxygen atoms in total. The summed E-state index contributed by atoms with van der Waals surface area (Å²) in [6, 6.07) is 0. The Bertz CT molecular complexity index is 55.7. The van der Waals surface area contributed by atoms with Gasteiger partial charge in [-0.2, -0.15) is 0 Å². The van der Waals surface area contributed by atoms with Crippen LogP contribution in [0.3, 0.4) is 0 Å². The third-order valence-corrected chi connectivity index (χ3v) is 1.58. The summed E-state index contributed by atoms with van der Waals surface area (Å²) >= 11 is 0. The van der Waals surface area contributed by atoms with Crippen molar-refractivity contribution in [2.75, 3.05) is 13.2 Å². The first-order valence-electron chi connectivity index (χ1n) is 3.61. The maximum atomic E-state index is 9.80. The van der Waals surface area contributed by atoms with Crippen molar-refractivity contribution >= 4 is 9.03 Å². The lowest BCUT2D eigenvalue weighted by Gasteiger charge is -2.04. The van der Waals surface area contributed by atoms with Crippen LogP contribution in [0.2, 0.25) is 0 Å². The van der Waals surface area contributed by atoms with Crippen molar-refractivity contribution in [2.24, 2.45) is 5.73 Å². The first-order chi connectivity index (χ1) is 4.91. The van der Waals surface area contributed by atoms with Gasteiger partial charge in [-0.05, 0) is 19.4 Å². The molecule has 0 heterocycles. The molecule has 0 amide bonds. The van der Waals surface area contributed by atoms with Crippen molar-refractivity contribution < 1.29 is 9.42 Å². The first kappa shape index (κ1) is 10.3. The quantitative estimate of drug-likeness (QED) is 0.437. The molecule has 0 fully saturated rings. The van der Waals surface area contributed by atoms with Crippen molar-refractivity contribution in [2.45, 2.75) is 25.7 Å². The minimum Gasteiger partial charge on any atom is -0.810 e. The van der Waals surface area contributed by atoms with Gasteiger partial charge in [0.2, 0.25) is 0 Å². The number of unbranched alkanes of at least 4 members (excludes halogenated alkanes) is 3. The Hall–Kier alpha value is 0.310. The zero-order valence-electron chi connectivity index (χ0n) is 6.14. The fourth-order valence-corrected chi connectivity index (χ4v) is 0.941. The number of hydrogen-bond donors (Lipinski definition) is 1. The standard InChI is InChI=1S/C6H15NO2P/c7-5-3-1-2-4-6-9-10-8/h10H,1-7H2/q-1. The lowest BCUT2D eigenvalue weighted by atomic mass is 10.2. The second kappa shape index (κ2) is 9.31. The van der Waals surface area contributed by atoms with E-state index in [0.29, 0.717) is 6.61 Å². The molecule has 0 bridgehead atoms. The van der Waals surface area contributed by atoms with E-state index in [4.69, 9.17) is 5.73 Å². The van der Waals surface area contributed by atoms with Crippen LogP contribution in [0.25, 0.3) is 0 Å². The highest BCUT2D eigenvalue weighted by Crippen LogP contribution is 2.03. The van der Waals surface area contributed by atoms with E-state index >= 15 is 0 Å². The average molecular weight is 164 g/mol. The van der Waals surface area contributed by atoms with Gasteiger partial charge in [0.1, 0.15) is 0 Å². The molecule has 0 saturated heterocycles. The molecule has 0 aliphatic rings. The van der Waals surface area contributed by atoms with Crippen molar-refractivity contribution in [3.05, 3.63) is 0 Å². The van der Waals surface area contributed by atoms with E-state index in [0.717, 1.165) is 32.2 Å². The van der Waals surface area contributed by atoms with Gasteiger partial charge in [0.25, 0.3) is 0 Å². The minimum atomic E-state index is -0.605. The van der Waals surface area contributed by atoms with Gasteiger partial charge in [0, 0.05) is 6.61 Å². The van der Waals surface area contributed by atoms with Crippen LogP contribution in [0, 0.1) is 0 Å². The van der Waals surface area contributed by atoms with Gasteiger partial charge in [0.05, 0.1) is 0 Å². The Kier molecular flexibility index (Phi) is 9.60. The molecular weight excluding hydrogens is 149 g/mol. The van der Waals surface area contributed by atoms with Crippen LogP contribution in [-0.4, -0.2) is 13.2 Å². The zero-order valence-corrected chi connectivity index (χ0v) is 7.14. The van der Waals surface area contributed by atoms with Crippen LogP contribution < -0.4 is 10.6 Å². The van der Waals surface area contributed by atoms with Gasteiger partial charge in [-0.3, -0.25) is 0 Å². The van der Waals surface area contributed by atoms with E-state index in [9.17, 15) is 4.89 Å². The number of rotatable bonds is 7. The fraction of sp³-hybridized carbons (Fsp3) is 1.00. The molecule has 62 valence electrons. The van der Waals surface area contributed by atoms with E-state index in [1.807, 2.05) is 0 Å². The smallest absolute Gasteiger partial charge is 0.0489 e. The lowest BCUT2D eigenvalue weighted by molar-refractivity contribution is -0.169. The molecule has 0 aliphatic heterocycles. The van der Waals surface area contributed by atoms with E-state index < -0.39 is 9.03 Å². The predicted molar refractivity (Wildman–Crippen MR) is 41.8 cm³/mol. The average Bonchev–Trinajstić information content (AvgIpc) is 1.97. The summed E-state index contributed by atoms with van der Waals surface area (Å²) < 4.78 is 4.65. The molecule has 1 atom stereocenters. The van der Waals surface area contributed by atoms with Gasteiger partial charge >= 0.3 is 0 Å².